The highest BCUT2D eigenvalue weighted by atomic mass is 32.2. The summed E-state index contributed by atoms with van der Waals surface area (Å²) >= 11 is 0. The van der Waals surface area contributed by atoms with Crippen LogP contribution in [0.15, 0.2) is 95.9 Å². The predicted molar refractivity (Wildman–Crippen MR) is 103 cm³/mol. The van der Waals surface area contributed by atoms with Gasteiger partial charge in [-0.25, -0.2) is 8.42 Å². The van der Waals surface area contributed by atoms with E-state index in [-0.39, 0.29) is 22.9 Å². The van der Waals surface area contributed by atoms with Crippen LogP contribution in [0.25, 0.3) is 0 Å². The number of hydrogen-bond acceptors (Lipinski definition) is 4. The van der Waals surface area contributed by atoms with E-state index < -0.39 is 16.1 Å². The zero-order valence-corrected chi connectivity index (χ0v) is 15.5. The Bertz CT molecular complexity index is 925. The van der Waals surface area contributed by atoms with Crippen molar-refractivity contribution in [1.29, 1.82) is 0 Å². The van der Waals surface area contributed by atoms with Gasteiger partial charge in [0.05, 0.1) is 4.90 Å². The molecule has 3 aromatic carbocycles. The molecule has 3 aromatic rings. The zero-order valence-electron chi connectivity index (χ0n) is 14.6. The summed E-state index contributed by atoms with van der Waals surface area (Å²) in [7, 11) is -3.50. The largest absolute Gasteiger partial charge is 0.341 e. The molecule has 0 aliphatic carbocycles. The molecule has 0 radical (unpaired) electrons. The summed E-state index contributed by atoms with van der Waals surface area (Å²) in [4.78, 5) is 0.275. The van der Waals surface area contributed by atoms with E-state index in [1.165, 1.54) is 0 Å². The number of sulfone groups is 1. The van der Waals surface area contributed by atoms with E-state index in [2.05, 4.69) is 0 Å². The number of ether oxygens (including phenoxy) is 2. The number of rotatable bonds is 5. The maximum atomic E-state index is 12.7. The van der Waals surface area contributed by atoms with Gasteiger partial charge < -0.3 is 9.47 Å². The van der Waals surface area contributed by atoms with Crippen LogP contribution in [-0.2, 0) is 19.3 Å². The van der Waals surface area contributed by atoms with Crippen LogP contribution in [-0.4, -0.2) is 20.5 Å². The van der Waals surface area contributed by atoms with Gasteiger partial charge in [-0.05, 0) is 23.3 Å². The van der Waals surface area contributed by atoms with E-state index in [4.69, 9.17) is 9.47 Å². The molecule has 0 unspecified atom stereocenters. The van der Waals surface area contributed by atoms with Gasteiger partial charge >= 0.3 is 0 Å². The van der Waals surface area contributed by atoms with Crippen molar-refractivity contribution in [1.82, 2.24) is 0 Å². The Labute approximate surface area is 159 Å². The Hall–Kier alpha value is -2.47. The first-order chi connectivity index (χ1) is 13.1. The van der Waals surface area contributed by atoms with Crippen molar-refractivity contribution in [3.63, 3.8) is 0 Å². The van der Waals surface area contributed by atoms with Crippen LogP contribution in [0.4, 0.5) is 0 Å². The lowest BCUT2D eigenvalue weighted by Crippen LogP contribution is -2.22. The lowest BCUT2D eigenvalue weighted by Gasteiger charge is -2.17. The van der Waals surface area contributed by atoms with Gasteiger partial charge in [-0.3, -0.25) is 0 Å². The standard InChI is InChI=1S/C22H20O4S/c23-27(24,19-14-8-3-9-15-19)16-20-25-21(17-10-4-1-5-11-17)22(26-20)18-12-6-2-7-13-18/h1-15,20-22H,16H2/t21-,22-/m0/s1. The first-order valence-corrected chi connectivity index (χ1v) is 10.5. The minimum Gasteiger partial charge on any atom is -0.341 e. The Morgan fingerprint density at radius 1 is 0.630 bits per heavy atom. The van der Waals surface area contributed by atoms with Crippen LogP contribution >= 0.6 is 0 Å². The number of benzene rings is 3. The topological polar surface area (TPSA) is 52.6 Å². The summed E-state index contributed by atoms with van der Waals surface area (Å²) in [5.41, 5.74) is 1.93. The van der Waals surface area contributed by atoms with Crippen LogP contribution in [0.1, 0.15) is 23.3 Å². The molecule has 0 spiro atoms. The molecule has 1 heterocycles. The summed E-state index contributed by atoms with van der Waals surface area (Å²) in [6.07, 6.45) is -1.54. The monoisotopic (exact) mass is 380 g/mol. The molecule has 138 valence electrons. The van der Waals surface area contributed by atoms with Gasteiger partial charge in [-0.15, -0.1) is 0 Å². The lowest BCUT2D eigenvalue weighted by atomic mass is 9.99. The van der Waals surface area contributed by atoms with Crippen LogP contribution in [0.5, 0.6) is 0 Å². The Morgan fingerprint density at radius 3 is 1.48 bits per heavy atom. The summed E-state index contributed by atoms with van der Waals surface area (Å²) in [5.74, 6) is -0.219. The van der Waals surface area contributed by atoms with Crippen molar-refractivity contribution in [2.24, 2.45) is 0 Å². The minimum absolute atomic E-state index is 0.219. The van der Waals surface area contributed by atoms with E-state index in [0.717, 1.165) is 11.1 Å². The van der Waals surface area contributed by atoms with Crippen molar-refractivity contribution in [2.45, 2.75) is 23.4 Å². The van der Waals surface area contributed by atoms with E-state index in [1.807, 2.05) is 60.7 Å². The first-order valence-electron chi connectivity index (χ1n) is 8.82. The minimum atomic E-state index is -3.50. The fourth-order valence-corrected chi connectivity index (χ4v) is 4.56. The van der Waals surface area contributed by atoms with Crippen LogP contribution in [0, 0.1) is 0 Å². The number of hydrogen-bond donors (Lipinski definition) is 0. The second-order valence-electron chi connectivity index (χ2n) is 6.46. The van der Waals surface area contributed by atoms with E-state index >= 15 is 0 Å². The van der Waals surface area contributed by atoms with Crippen LogP contribution in [0.2, 0.25) is 0 Å². The fourth-order valence-electron chi connectivity index (χ4n) is 3.28. The van der Waals surface area contributed by atoms with Gasteiger partial charge in [0.15, 0.2) is 16.1 Å². The molecule has 0 saturated carbocycles. The quantitative estimate of drug-likeness (QED) is 0.662. The van der Waals surface area contributed by atoms with Crippen molar-refractivity contribution in [3.05, 3.63) is 102 Å². The average Bonchev–Trinajstić information content (AvgIpc) is 3.13. The van der Waals surface area contributed by atoms with Gasteiger partial charge in [0.2, 0.25) is 0 Å². The fraction of sp³-hybridized carbons (Fsp3) is 0.182. The molecule has 4 nitrogen and oxygen atoms in total. The van der Waals surface area contributed by atoms with Gasteiger partial charge in [0.1, 0.15) is 18.0 Å². The molecule has 2 atom stereocenters. The second kappa shape index (κ2) is 7.64. The third-order valence-corrected chi connectivity index (χ3v) is 6.29. The lowest BCUT2D eigenvalue weighted by molar-refractivity contribution is -0.0489. The van der Waals surface area contributed by atoms with Gasteiger partial charge in [0, 0.05) is 0 Å². The molecule has 0 amide bonds. The van der Waals surface area contributed by atoms with Crippen LogP contribution < -0.4 is 0 Å². The smallest absolute Gasteiger partial charge is 0.183 e. The highest BCUT2D eigenvalue weighted by Crippen LogP contribution is 2.43. The first kappa shape index (κ1) is 17.9. The Kier molecular flexibility index (Phi) is 5.07. The van der Waals surface area contributed by atoms with Gasteiger partial charge in [-0.2, -0.15) is 0 Å². The maximum absolute atomic E-state index is 12.7. The molecule has 0 N–H and O–H groups in total. The summed E-state index contributed by atoms with van der Waals surface area (Å²) in [6.45, 7) is 0. The normalized spacial score (nSPS) is 20.6. The highest BCUT2D eigenvalue weighted by Gasteiger charge is 2.40. The average molecular weight is 380 g/mol. The maximum Gasteiger partial charge on any atom is 0.183 e. The molecular weight excluding hydrogens is 360 g/mol. The molecule has 0 aromatic heterocycles. The molecule has 1 aliphatic rings. The molecule has 0 bridgehead atoms. The molecule has 5 heteroatoms. The van der Waals surface area contributed by atoms with Gasteiger partial charge in [0.25, 0.3) is 0 Å². The van der Waals surface area contributed by atoms with E-state index in [1.54, 1.807) is 30.3 Å². The van der Waals surface area contributed by atoms with Crippen molar-refractivity contribution >= 4 is 9.84 Å². The highest BCUT2D eigenvalue weighted by molar-refractivity contribution is 7.91. The molecular formula is C22H20O4S. The molecule has 4 rings (SSSR count). The predicted octanol–water partition coefficient (Wildman–Crippen LogP) is 4.32. The molecule has 1 saturated heterocycles. The summed E-state index contributed by atoms with van der Waals surface area (Å²) in [6, 6.07) is 27.9. The van der Waals surface area contributed by atoms with Gasteiger partial charge in [-0.1, -0.05) is 78.9 Å². The second-order valence-corrected chi connectivity index (χ2v) is 8.49. The molecule has 1 fully saturated rings. The zero-order chi connectivity index (χ0) is 18.7. The summed E-state index contributed by atoms with van der Waals surface area (Å²) in [5, 5.41) is 0. The van der Waals surface area contributed by atoms with Crippen molar-refractivity contribution in [3.8, 4) is 0 Å². The van der Waals surface area contributed by atoms with Crippen LogP contribution in [0.3, 0.4) is 0 Å². The molecule has 27 heavy (non-hydrogen) atoms. The van der Waals surface area contributed by atoms with E-state index in [0.29, 0.717) is 0 Å². The van der Waals surface area contributed by atoms with Crippen molar-refractivity contribution < 1.29 is 17.9 Å². The van der Waals surface area contributed by atoms with Crippen molar-refractivity contribution in [2.75, 3.05) is 5.75 Å². The van der Waals surface area contributed by atoms with E-state index in [9.17, 15) is 8.42 Å². The Balaban J connectivity index is 1.61. The SMILES string of the molecule is O=S(=O)(CC1O[C@@H](c2ccccc2)[C@H](c2ccccc2)O1)c1ccccc1. The third-order valence-electron chi connectivity index (χ3n) is 4.59. The summed E-state index contributed by atoms with van der Waals surface area (Å²) < 4.78 is 37.6. The third kappa shape index (κ3) is 3.95. The molecule has 1 aliphatic heterocycles. The Morgan fingerprint density at radius 2 is 1.04 bits per heavy atom.